The van der Waals surface area contributed by atoms with Crippen LogP contribution in [0.4, 0.5) is 0 Å². The Balaban J connectivity index is 1.75. The first-order valence-corrected chi connectivity index (χ1v) is 9.27. The van der Waals surface area contributed by atoms with Gasteiger partial charge in [0.1, 0.15) is 22.8 Å². The van der Waals surface area contributed by atoms with Gasteiger partial charge in [0.05, 0.1) is 19.1 Å². The van der Waals surface area contributed by atoms with E-state index in [0.29, 0.717) is 29.1 Å². The lowest BCUT2D eigenvalue weighted by atomic mass is 9.87. The molecular weight excluding hydrogens is 360 g/mol. The molecule has 3 rings (SSSR count). The fourth-order valence-electron chi connectivity index (χ4n) is 3.68. The van der Waals surface area contributed by atoms with Gasteiger partial charge in [0.25, 0.3) is 0 Å². The third kappa shape index (κ3) is 4.27. The molecule has 1 heterocycles. The smallest absolute Gasteiger partial charge is 0.339 e. The molecule has 0 saturated heterocycles. The van der Waals surface area contributed by atoms with Crippen LogP contribution in [0.25, 0.3) is 5.76 Å². The van der Waals surface area contributed by atoms with E-state index in [-0.39, 0.29) is 29.3 Å². The molecule has 2 unspecified atom stereocenters. The van der Waals surface area contributed by atoms with Crippen LogP contribution in [-0.2, 0) is 19.1 Å². The van der Waals surface area contributed by atoms with Gasteiger partial charge in [0.2, 0.25) is 0 Å². The number of allylic oxidation sites excluding steroid dienone is 1. The number of rotatable bonds is 5. The van der Waals surface area contributed by atoms with Gasteiger partial charge in [-0.2, -0.15) is 0 Å². The van der Waals surface area contributed by atoms with Crippen molar-refractivity contribution in [3.05, 3.63) is 59.4 Å². The van der Waals surface area contributed by atoms with Crippen LogP contribution in [0, 0.1) is 5.92 Å². The Bertz CT molecular complexity index is 846. The summed E-state index contributed by atoms with van der Waals surface area (Å²) in [5.41, 5.74) is 1.35. The molecule has 6 nitrogen and oxygen atoms in total. The predicted octanol–water partition coefficient (Wildman–Crippen LogP) is 4.08. The molecule has 2 aliphatic rings. The molecule has 0 spiro atoms. The summed E-state index contributed by atoms with van der Waals surface area (Å²) in [4.78, 5) is 23.4. The van der Waals surface area contributed by atoms with Crippen molar-refractivity contribution >= 4 is 17.7 Å². The van der Waals surface area contributed by atoms with Crippen LogP contribution in [-0.4, -0.2) is 30.3 Å². The number of aliphatic carboxylic acids is 1. The molecule has 2 atom stereocenters. The number of carbonyl (C=O) groups excluding carboxylic acids is 1. The number of esters is 1. The SMILES string of the molecule is C=C1C=C(C)C(C(=O)O)=C(c2ccc(OC3CCCC(C(=O)OC)C3)cc2)O1. The summed E-state index contributed by atoms with van der Waals surface area (Å²) in [6.45, 7) is 5.49. The van der Waals surface area contributed by atoms with Crippen LogP contribution < -0.4 is 4.74 Å². The van der Waals surface area contributed by atoms with E-state index in [4.69, 9.17) is 14.2 Å². The average molecular weight is 384 g/mol. The number of ether oxygens (including phenoxy) is 3. The molecule has 0 radical (unpaired) electrons. The number of carbonyl (C=O) groups is 2. The summed E-state index contributed by atoms with van der Waals surface area (Å²) in [6.07, 6.45) is 4.82. The van der Waals surface area contributed by atoms with E-state index < -0.39 is 5.97 Å². The monoisotopic (exact) mass is 384 g/mol. The third-order valence-corrected chi connectivity index (χ3v) is 5.03. The average Bonchev–Trinajstić information content (AvgIpc) is 2.67. The summed E-state index contributed by atoms with van der Waals surface area (Å²) in [6, 6.07) is 7.09. The quantitative estimate of drug-likeness (QED) is 0.770. The zero-order valence-electron chi connectivity index (χ0n) is 16.1. The molecule has 0 aromatic heterocycles. The Hall–Kier alpha value is -3.02. The minimum absolute atomic E-state index is 0.0478. The lowest BCUT2D eigenvalue weighted by Crippen LogP contribution is -2.30. The van der Waals surface area contributed by atoms with Gasteiger partial charge in [-0.1, -0.05) is 6.58 Å². The molecule has 1 saturated carbocycles. The van der Waals surface area contributed by atoms with Crippen molar-refractivity contribution in [2.45, 2.75) is 38.7 Å². The Kier molecular flexibility index (Phi) is 5.87. The number of carboxylic acid groups (broad SMARTS) is 1. The Morgan fingerprint density at radius 2 is 1.93 bits per heavy atom. The zero-order valence-corrected chi connectivity index (χ0v) is 16.1. The van der Waals surface area contributed by atoms with E-state index in [1.54, 1.807) is 37.3 Å². The molecule has 1 N–H and O–H groups in total. The highest BCUT2D eigenvalue weighted by atomic mass is 16.5. The summed E-state index contributed by atoms with van der Waals surface area (Å²) in [7, 11) is 1.41. The Morgan fingerprint density at radius 1 is 1.21 bits per heavy atom. The molecule has 1 aromatic rings. The van der Waals surface area contributed by atoms with E-state index in [1.807, 2.05) is 0 Å². The standard InChI is InChI=1S/C22H24O6/c1-13-11-14(2)27-20(19(13)21(23)24)15-7-9-17(10-8-15)28-18-6-4-5-16(12-18)22(25)26-3/h7-11,16,18H,2,4-6,12H2,1,3H3,(H,23,24). The summed E-state index contributed by atoms with van der Waals surface area (Å²) in [5, 5.41) is 9.52. The molecule has 1 aliphatic heterocycles. The number of hydrogen-bond acceptors (Lipinski definition) is 5. The maximum atomic E-state index is 11.8. The van der Waals surface area contributed by atoms with Crippen molar-refractivity contribution in [3.63, 3.8) is 0 Å². The van der Waals surface area contributed by atoms with E-state index in [2.05, 4.69) is 6.58 Å². The molecule has 148 valence electrons. The van der Waals surface area contributed by atoms with Crippen LogP contribution in [0.5, 0.6) is 5.75 Å². The highest BCUT2D eigenvalue weighted by Crippen LogP contribution is 2.34. The molecule has 1 aliphatic carbocycles. The van der Waals surface area contributed by atoms with Gasteiger partial charge in [-0.05, 0) is 68.5 Å². The second-order valence-corrected chi connectivity index (χ2v) is 7.06. The maximum Gasteiger partial charge on any atom is 0.339 e. The molecule has 0 amide bonds. The first-order chi connectivity index (χ1) is 13.4. The van der Waals surface area contributed by atoms with Crippen molar-refractivity contribution in [1.82, 2.24) is 0 Å². The van der Waals surface area contributed by atoms with Crippen LogP contribution in [0.15, 0.2) is 53.8 Å². The topological polar surface area (TPSA) is 82.1 Å². The second-order valence-electron chi connectivity index (χ2n) is 7.06. The van der Waals surface area contributed by atoms with Gasteiger partial charge >= 0.3 is 11.9 Å². The van der Waals surface area contributed by atoms with Crippen LogP contribution in [0.1, 0.15) is 38.2 Å². The van der Waals surface area contributed by atoms with Gasteiger partial charge in [0.15, 0.2) is 0 Å². The van der Waals surface area contributed by atoms with Crippen LogP contribution in [0.2, 0.25) is 0 Å². The molecule has 28 heavy (non-hydrogen) atoms. The number of benzene rings is 1. The van der Waals surface area contributed by atoms with Crippen LogP contribution >= 0.6 is 0 Å². The Morgan fingerprint density at radius 3 is 2.57 bits per heavy atom. The van der Waals surface area contributed by atoms with Crippen molar-refractivity contribution in [2.24, 2.45) is 5.92 Å². The van der Waals surface area contributed by atoms with E-state index >= 15 is 0 Å². The lowest BCUT2D eigenvalue weighted by molar-refractivity contribution is -0.147. The minimum Gasteiger partial charge on any atom is -0.490 e. The van der Waals surface area contributed by atoms with Gasteiger partial charge in [0, 0.05) is 5.56 Å². The lowest BCUT2D eigenvalue weighted by Gasteiger charge is -2.28. The number of hydrogen-bond donors (Lipinski definition) is 1. The Labute approximate surface area is 164 Å². The number of carboxylic acids is 1. The second kappa shape index (κ2) is 8.33. The van der Waals surface area contributed by atoms with Gasteiger partial charge in [-0.3, -0.25) is 4.79 Å². The molecule has 6 heteroatoms. The zero-order chi connectivity index (χ0) is 20.3. The van der Waals surface area contributed by atoms with Crippen LogP contribution in [0.3, 0.4) is 0 Å². The fourth-order valence-corrected chi connectivity index (χ4v) is 3.68. The highest BCUT2D eigenvalue weighted by molar-refractivity contribution is 6.00. The van der Waals surface area contributed by atoms with Crippen molar-refractivity contribution in [1.29, 1.82) is 0 Å². The molecule has 1 fully saturated rings. The van der Waals surface area contributed by atoms with E-state index in [0.717, 1.165) is 19.3 Å². The maximum absolute atomic E-state index is 11.8. The van der Waals surface area contributed by atoms with Crippen molar-refractivity contribution < 1.29 is 28.9 Å². The molecule has 0 bridgehead atoms. The summed E-state index contributed by atoms with van der Waals surface area (Å²) in [5.74, 6) is -0.0229. The summed E-state index contributed by atoms with van der Waals surface area (Å²) < 4.78 is 16.5. The van der Waals surface area contributed by atoms with Crippen molar-refractivity contribution in [2.75, 3.05) is 7.11 Å². The summed E-state index contributed by atoms with van der Waals surface area (Å²) >= 11 is 0. The van der Waals surface area contributed by atoms with Gasteiger partial charge < -0.3 is 19.3 Å². The first kappa shape index (κ1) is 19.7. The van der Waals surface area contributed by atoms with Crippen molar-refractivity contribution in [3.8, 4) is 5.75 Å². The number of methoxy groups -OCH3 is 1. The predicted molar refractivity (Wildman–Crippen MR) is 103 cm³/mol. The van der Waals surface area contributed by atoms with Gasteiger partial charge in [-0.15, -0.1) is 0 Å². The first-order valence-electron chi connectivity index (χ1n) is 9.27. The van der Waals surface area contributed by atoms with E-state index in [9.17, 15) is 14.7 Å². The fraction of sp³-hybridized carbons (Fsp3) is 0.364. The normalized spacial score (nSPS) is 22.2. The largest absolute Gasteiger partial charge is 0.490 e. The molecular formula is C22H24O6. The minimum atomic E-state index is -1.05. The molecule has 1 aromatic carbocycles. The third-order valence-electron chi connectivity index (χ3n) is 5.03. The van der Waals surface area contributed by atoms with E-state index in [1.165, 1.54) is 7.11 Å². The highest BCUT2D eigenvalue weighted by Gasteiger charge is 2.29. The van der Waals surface area contributed by atoms with Gasteiger partial charge in [-0.25, -0.2) is 4.79 Å².